The lowest BCUT2D eigenvalue weighted by Crippen LogP contribution is -2.35. The van der Waals surface area contributed by atoms with E-state index in [1.54, 1.807) is 0 Å². The first kappa shape index (κ1) is 11.4. The van der Waals surface area contributed by atoms with E-state index in [9.17, 15) is 0 Å². The van der Waals surface area contributed by atoms with Gasteiger partial charge in [0.2, 0.25) is 0 Å². The maximum absolute atomic E-state index is 4.36. The van der Waals surface area contributed by atoms with E-state index in [0.29, 0.717) is 17.6 Å². The zero-order chi connectivity index (χ0) is 12.5. The summed E-state index contributed by atoms with van der Waals surface area (Å²) in [5.41, 5.74) is 0.672. The first-order valence-corrected chi connectivity index (χ1v) is 6.56. The molecule has 2 aromatic heterocycles. The highest BCUT2D eigenvalue weighted by atomic mass is 15.6. The molecule has 6 nitrogen and oxygen atoms in total. The fraction of sp³-hybridized carbons (Fsp3) is 0.667. The van der Waals surface area contributed by atoms with E-state index in [-0.39, 0.29) is 0 Å². The van der Waals surface area contributed by atoms with Crippen LogP contribution < -0.4 is 5.32 Å². The van der Waals surface area contributed by atoms with Crippen molar-refractivity contribution in [2.45, 2.75) is 39.2 Å². The lowest BCUT2D eigenvalue weighted by Gasteiger charge is -2.34. The first-order valence-electron chi connectivity index (χ1n) is 6.56. The topological polar surface area (TPSA) is 68.0 Å². The molecule has 3 atom stereocenters. The molecule has 0 bridgehead atoms. The van der Waals surface area contributed by atoms with Crippen LogP contribution in [0.1, 0.15) is 33.1 Å². The zero-order valence-electron chi connectivity index (χ0n) is 10.7. The minimum absolute atomic E-state index is 0.496. The predicted molar refractivity (Wildman–Crippen MR) is 68.2 cm³/mol. The number of nitrogens with one attached hydrogen (secondary N) is 1. The van der Waals surface area contributed by atoms with Crippen LogP contribution in [0, 0.1) is 11.8 Å². The summed E-state index contributed by atoms with van der Waals surface area (Å²) in [6.07, 6.45) is 3.83. The van der Waals surface area contributed by atoms with Crippen molar-refractivity contribution < 1.29 is 0 Å². The number of nitrogens with zero attached hydrogens (tertiary/aromatic N) is 5. The second-order valence-corrected chi connectivity index (χ2v) is 5.26. The molecule has 0 aliphatic heterocycles. The molecule has 1 saturated carbocycles. The van der Waals surface area contributed by atoms with Gasteiger partial charge in [-0.05, 0) is 40.8 Å². The number of anilines is 1. The van der Waals surface area contributed by atoms with Gasteiger partial charge in [0.1, 0.15) is 5.82 Å². The van der Waals surface area contributed by atoms with Gasteiger partial charge in [0.25, 0.3) is 0 Å². The third-order valence-electron chi connectivity index (χ3n) is 4.11. The van der Waals surface area contributed by atoms with E-state index in [0.717, 1.165) is 11.7 Å². The van der Waals surface area contributed by atoms with E-state index < -0.39 is 0 Å². The Labute approximate surface area is 106 Å². The minimum atomic E-state index is 0.496. The lowest BCUT2D eigenvalue weighted by molar-refractivity contribution is 0.252. The van der Waals surface area contributed by atoms with Gasteiger partial charge < -0.3 is 5.32 Å². The second kappa shape index (κ2) is 4.51. The summed E-state index contributed by atoms with van der Waals surface area (Å²) in [6, 6.07) is 4.32. The summed E-state index contributed by atoms with van der Waals surface area (Å²) < 4.78 is 1.46. The molecule has 1 N–H and O–H groups in total. The molecule has 0 aromatic carbocycles. The predicted octanol–water partition coefficient (Wildman–Crippen LogP) is 1.76. The number of aromatic nitrogens is 5. The Morgan fingerprint density at radius 2 is 2.17 bits per heavy atom. The van der Waals surface area contributed by atoms with Crippen molar-refractivity contribution in [3.05, 3.63) is 12.1 Å². The molecule has 18 heavy (non-hydrogen) atoms. The molecule has 0 unspecified atom stereocenters. The molecule has 1 fully saturated rings. The maximum atomic E-state index is 4.36. The molecular formula is C12H18N6. The van der Waals surface area contributed by atoms with Crippen molar-refractivity contribution in [2.24, 2.45) is 11.8 Å². The molecule has 0 radical (unpaired) electrons. The Morgan fingerprint density at radius 1 is 1.28 bits per heavy atom. The van der Waals surface area contributed by atoms with Gasteiger partial charge in [-0.3, -0.25) is 0 Å². The standard InChI is InChI=1S/C12H18N6/c1-8-4-3-5-10(9(8)2)13-11-6-7-12-14-16-17-18(12)15-11/h6-10H,3-5H2,1-2H3,(H,13,15)/t8-,9+,10-/m1/s1. The Kier molecular flexibility index (Phi) is 2.85. The fourth-order valence-electron chi connectivity index (χ4n) is 2.70. The van der Waals surface area contributed by atoms with Crippen LogP contribution in [0.4, 0.5) is 5.82 Å². The van der Waals surface area contributed by atoms with Crippen molar-refractivity contribution in [3.63, 3.8) is 0 Å². The molecule has 2 aromatic rings. The maximum Gasteiger partial charge on any atom is 0.200 e. The van der Waals surface area contributed by atoms with Crippen LogP contribution in [0.25, 0.3) is 5.65 Å². The Bertz CT molecular complexity index is 536. The van der Waals surface area contributed by atoms with Crippen molar-refractivity contribution in [1.82, 2.24) is 25.3 Å². The van der Waals surface area contributed by atoms with Crippen LogP contribution in [0.2, 0.25) is 0 Å². The van der Waals surface area contributed by atoms with E-state index in [1.807, 2.05) is 12.1 Å². The Morgan fingerprint density at radius 3 is 3.06 bits per heavy atom. The van der Waals surface area contributed by atoms with Crippen LogP contribution in [0.15, 0.2) is 12.1 Å². The van der Waals surface area contributed by atoms with Crippen LogP contribution >= 0.6 is 0 Å². The van der Waals surface area contributed by atoms with Crippen LogP contribution in [0.5, 0.6) is 0 Å². The van der Waals surface area contributed by atoms with Crippen molar-refractivity contribution >= 4 is 11.5 Å². The Balaban J connectivity index is 1.78. The van der Waals surface area contributed by atoms with E-state index >= 15 is 0 Å². The third kappa shape index (κ3) is 2.02. The quantitative estimate of drug-likeness (QED) is 0.874. The number of hydrogen-bond acceptors (Lipinski definition) is 5. The monoisotopic (exact) mass is 246 g/mol. The summed E-state index contributed by atoms with van der Waals surface area (Å²) in [5.74, 6) is 2.29. The minimum Gasteiger partial charge on any atom is -0.366 e. The normalized spacial score (nSPS) is 28.4. The molecule has 3 rings (SSSR count). The van der Waals surface area contributed by atoms with Gasteiger partial charge in [0, 0.05) is 6.04 Å². The zero-order valence-corrected chi connectivity index (χ0v) is 10.7. The van der Waals surface area contributed by atoms with Crippen LogP contribution in [-0.4, -0.2) is 31.3 Å². The number of rotatable bonds is 2. The molecule has 1 aliphatic carbocycles. The summed E-state index contributed by atoms with van der Waals surface area (Å²) in [7, 11) is 0. The SMILES string of the molecule is C[C@H]1[C@H](C)CCC[C@H]1Nc1ccc2nnnn2n1. The molecule has 2 heterocycles. The average Bonchev–Trinajstić information content (AvgIpc) is 2.82. The molecule has 6 heteroatoms. The highest BCUT2D eigenvalue weighted by Gasteiger charge is 2.27. The van der Waals surface area contributed by atoms with Crippen LogP contribution in [0.3, 0.4) is 0 Å². The molecular weight excluding hydrogens is 228 g/mol. The largest absolute Gasteiger partial charge is 0.366 e. The van der Waals surface area contributed by atoms with Gasteiger partial charge in [0.05, 0.1) is 0 Å². The molecule has 0 spiro atoms. The van der Waals surface area contributed by atoms with Gasteiger partial charge in [0.15, 0.2) is 5.65 Å². The van der Waals surface area contributed by atoms with E-state index in [4.69, 9.17) is 0 Å². The summed E-state index contributed by atoms with van der Waals surface area (Å²) >= 11 is 0. The van der Waals surface area contributed by atoms with Gasteiger partial charge in [-0.1, -0.05) is 26.7 Å². The highest BCUT2D eigenvalue weighted by molar-refractivity contribution is 5.42. The van der Waals surface area contributed by atoms with Gasteiger partial charge >= 0.3 is 0 Å². The van der Waals surface area contributed by atoms with Crippen molar-refractivity contribution in [1.29, 1.82) is 0 Å². The number of hydrogen-bond donors (Lipinski definition) is 1. The fourth-order valence-corrected chi connectivity index (χ4v) is 2.70. The summed E-state index contributed by atoms with van der Waals surface area (Å²) in [5, 5.41) is 19.1. The lowest BCUT2D eigenvalue weighted by atomic mass is 9.78. The summed E-state index contributed by atoms with van der Waals surface area (Å²) in [4.78, 5) is 0. The van der Waals surface area contributed by atoms with Gasteiger partial charge in [-0.15, -0.1) is 14.8 Å². The highest BCUT2D eigenvalue weighted by Crippen LogP contribution is 2.31. The summed E-state index contributed by atoms with van der Waals surface area (Å²) in [6.45, 7) is 4.65. The molecule has 96 valence electrons. The Hall–Kier alpha value is -1.72. The third-order valence-corrected chi connectivity index (χ3v) is 4.11. The van der Waals surface area contributed by atoms with Crippen molar-refractivity contribution in [2.75, 3.05) is 5.32 Å². The number of tetrazole rings is 1. The molecule has 0 saturated heterocycles. The second-order valence-electron chi connectivity index (χ2n) is 5.26. The van der Waals surface area contributed by atoms with E-state index in [1.165, 1.54) is 23.9 Å². The van der Waals surface area contributed by atoms with Crippen molar-refractivity contribution in [3.8, 4) is 0 Å². The molecule has 0 amide bonds. The smallest absolute Gasteiger partial charge is 0.200 e. The molecule has 1 aliphatic rings. The average molecular weight is 246 g/mol. The van der Waals surface area contributed by atoms with Gasteiger partial charge in [-0.25, -0.2) is 0 Å². The number of fused-ring (bicyclic) bond motifs is 1. The van der Waals surface area contributed by atoms with E-state index in [2.05, 4.69) is 39.8 Å². The first-order chi connectivity index (χ1) is 8.74. The van der Waals surface area contributed by atoms with Crippen LogP contribution in [-0.2, 0) is 0 Å². The van der Waals surface area contributed by atoms with Gasteiger partial charge in [-0.2, -0.15) is 0 Å².